The van der Waals surface area contributed by atoms with Crippen LogP contribution in [0.25, 0.3) is 0 Å². The first-order valence-corrected chi connectivity index (χ1v) is 8.15. The van der Waals surface area contributed by atoms with Gasteiger partial charge in [0.25, 0.3) is 0 Å². The van der Waals surface area contributed by atoms with Crippen molar-refractivity contribution in [3.05, 3.63) is 57.6 Å². The molecule has 0 atom stereocenters. The van der Waals surface area contributed by atoms with E-state index in [2.05, 4.69) is 44.3 Å². The van der Waals surface area contributed by atoms with Crippen LogP contribution in [0.4, 0.5) is 5.69 Å². The van der Waals surface area contributed by atoms with E-state index < -0.39 is 0 Å². The zero-order valence-corrected chi connectivity index (χ0v) is 14.6. The predicted molar refractivity (Wildman–Crippen MR) is 95.7 cm³/mol. The third kappa shape index (κ3) is 4.56. The van der Waals surface area contributed by atoms with Crippen LogP contribution in [0, 0.1) is 6.92 Å². The second-order valence-corrected chi connectivity index (χ2v) is 6.41. The van der Waals surface area contributed by atoms with Crippen molar-refractivity contribution in [2.45, 2.75) is 26.7 Å². The summed E-state index contributed by atoms with van der Waals surface area (Å²) in [5, 5.41) is 4.39. The molecule has 2 aromatic carbocycles. The molecule has 0 spiro atoms. The van der Waals surface area contributed by atoms with E-state index in [0.29, 0.717) is 29.1 Å². The summed E-state index contributed by atoms with van der Waals surface area (Å²) in [6.07, 6.45) is 0. The molecule has 22 heavy (non-hydrogen) atoms. The van der Waals surface area contributed by atoms with Crippen LogP contribution in [0.2, 0.25) is 10.0 Å². The molecule has 0 amide bonds. The topological polar surface area (TPSA) is 21.3 Å². The zero-order chi connectivity index (χ0) is 16.1. The van der Waals surface area contributed by atoms with E-state index in [9.17, 15) is 0 Å². The number of hydrogen-bond donors (Lipinski definition) is 1. The number of anilines is 1. The molecular formula is C18H21Cl2NO. The molecule has 0 unspecified atom stereocenters. The minimum Gasteiger partial charge on any atom is -0.491 e. The monoisotopic (exact) mass is 337 g/mol. The molecule has 0 aliphatic rings. The molecule has 4 heteroatoms. The van der Waals surface area contributed by atoms with Gasteiger partial charge in [0.15, 0.2) is 0 Å². The molecule has 0 aliphatic heterocycles. The maximum Gasteiger partial charge on any atom is 0.123 e. The highest BCUT2D eigenvalue weighted by molar-refractivity contribution is 6.42. The average Bonchev–Trinajstić information content (AvgIpc) is 2.47. The fourth-order valence-electron chi connectivity index (χ4n) is 2.21. The molecule has 0 heterocycles. The van der Waals surface area contributed by atoms with Crippen molar-refractivity contribution in [3.8, 4) is 5.75 Å². The van der Waals surface area contributed by atoms with Crippen LogP contribution in [0.1, 0.15) is 30.9 Å². The third-order valence-electron chi connectivity index (χ3n) is 3.40. The Kier molecular flexibility index (Phi) is 5.98. The van der Waals surface area contributed by atoms with Crippen molar-refractivity contribution in [1.29, 1.82) is 0 Å². The molecule has 118 valence electrons. The molecule has 0 fully saturated rings. The Bertz CT molecular complexity index is 641. The Morgan fingerprint density at radius 2 is 1.82 bits per heavy atom. The molecule has 2 nitrogen and oxygen atoms in total. The summed E-state index contributed by atoms with van der Waals surface area (Å²) in [5.74, 6) is 1.41. The van der Waals surface area contributed by atoms with E-state index in [-0.39, 0.29) is 0 Å². The van der Waals surface area contributed by atoms with Gasteiger partial charge in [-0.25, -0.2) is 0 Å². The normalized spacial score (nSPS) is 10.8. The Balaban J connectivity index is 1.91. The Labute approximate surface area is 142 Å². The maximum atomic E-state index is 5.99. The summed E-state index contributed by atoms with van der Waals surface area (Å²) >= 11 is 11.9. The number of benzene rings is 2. The van der Waals surface area contributed by atoms with E-state index in [0.717, 1.165) is 11.4 Å². The van der Waals surface area contributed by atoms with Gasteiger partial charge in [-0.2, -0.15) is 0 Å². The van der Waals surface area contributed by atoms with Gasteiger partial charge >= 0.3 is 0 Å². The van der Waals surface area contributed by atoms with Gasteiger partial charge < -0.3 is 10.1 Å². The van der Waals surface area contributed by atoms with Crippen molar-refractivity contribution in [3.63, 3.8) is 0 Å². The number of halogens is 2. The fraction of sp³-hybridized carbons (Fsp3) is 0.333. The molecule has 2 aromatic rings. The van der Waals surface area contributed by atoms with Gasteiger partial charge in [0, 0.05) is 12.2 Å². The Morgan fingerprint density at radius 1 is 1.05 bits per heavy atom. The summed E-state index contributed by atoms with van der Waals surface area (Å²) in [7, 11) is 0. The lowest BCUT2D eigenvalue weighted by Gasteiger charge is -2.15. The number of nitrogens with one attached hydrogen (secondary N) is 1. The molecular weight excluding hydrogens is 317 g/mol. The number of ether oxygens (including phenoxy) is 1. The lowest BCUT2D eigenvalue weighted by atomic mass is 10.0. The number of rotatable bonds is 6. The van der Waals surface area contributed by atoms with Gasteiger partial charge in [0.1, 0.15) is 12.4 Å². The summed E-state index contributed by atoms with van der Waals surface area (Å²) < 4.78 is 5.93. The minimum atomic E-state index is 0.443. The van der Waals surface area contributed by atoms with Crippen molar-refractivity contribution in [2.24, 2.45) is 0 Å². The van der Waals surface area contributed by atoms with E-state index >= 15 is 0 Å². The molecule has 0 aliphatic carbocycles. The number of hydrogen-bond acceptors (Lipinski definition) is 2. The number of aryl methyl sites for hydroxylation is 1. The Morgan fingerprint density at radius 3 is 2.50 bits per heavy atom. The first-order chi connectivity index (χ1) is 10.5. The molecule has 0 aromatic heterocycles. The average molecular weight is 338 g/mol. The lowest BCUT2D eigenvalue weighted by Crippen LogP contribution is -2.12. The summed E-state index contributed by atoms with van der Waals surface area (Å²) in [6.45, 7) is 7.70. The maximum absolute atomic E-state index is 5.99. The molecule has 0 saturated carbocycles. The molecule has 0 radical (unpaired) electrons. The molecule has 1 N–H and O–H groups in total. The summed E-state index contributed by atoms with van der Waals surface area (Å²) in [4.78, 5) is 0. The van der Waals surface area contributed by atoms with Gasteiger partial charge in [0.2, 0.25) is 0 Å². The van der Waals surface area contributed by atoms with E-state index in [4.69, 9.17) is 27.9 Å². The predicted octanol–water partition coefficient (Wildman–Crippen LogP) is 5.92. The third-order valence-corrected chi connectivity index (χ3v) is 4.14. The van der Waals surface area contributed by atoms with Crippen LogP contribution in [0.5, 0.6) is 5.75 Å². The highest BCUT2D eigenvalue weighted by Crippen LogP contribution is 2.28. The first-order valence-electron chi connectivity index (χ1n) is 7.39. The zero-order valence-electron chi connectivity index (χ0n) is 13.1. The van der Waals surface area contributed by atoms with Crippen LogP contribution >= 0.6 is 23.2 Å². The molecule has 2 rings (SSSR count). The molecule has 0 saturated heterocycles. The van der Waals surface area contributed by atoms with Crippen molar-refractivity contribution in [2.75, 3.05) is 18.5 Å². The van der Waals surface area contributed by atoms with E-state index in [1.54, 1.807) is 6.07 Å². The lowest BCUT2D eigenvalue weighted by molar-refractivity contribution is 0.328. The quantitative estimate of drug-likeness (QED) is 0.661. The van der Waals surface area contributed by atoms with Crippen LogP contribution in [-0.2, 0) is 0 Å². The standard InChI is InChI=1S/C18H21Cl2NO/c1-12(2)15-6-4-13(3)10-18(15)22-9-8-21-14-5-7-16(19)17(20)11-14/h4-7,10-12,21H,8-9H2,1-3H3. The SMILES string of the molecule is Cc1ccc(C(C)C)c(OCCNc2ccc(Cl)c(Cl)c2)c1. The smallest absolute Gasteiger partial charge is 0.123 e. The molecule has 0 bridgehead atoms. The summed E-state index contributed by atoms with van der Waals surface area (Å²) in [5.41, 5.74) is 3.38. The largest absolute Gasteiger partial charge is 0.491 e. The van der Waals surface area contributed by atoms with Gasteiger partial charge in [-0.05, 0) is 48.2 Å². The van der Waals surface area contributed by atoms with Gasteiger partial charge in [-0.3, -0.25) is 0 Å². The van der Waals surface area contributed by atoms with Gasteiger partial charge in [-0.1, -0.05) is 49.2 Å². The van der Waals surface area contributed by atoms with Crippen LogP contribution in [0.15, 0.2) is 36.4 Å². The first kappa shape index (κ1) is 17.0. The van der Waals surface area contributed by atoms with Crippen LogP contribution < -0.4 is 10.1 Å². The van der Waals surface area contributed by atoms with E-state index in [1.807, 2.05) is 12.1 Å². The van der Waals surface area contributed by atoms with Crippen molar-refractivity contribution < 1.29 is 4.74 Å². The van der Waals surface area contributed by atoms with Crippen molar-refractivity contribution in [1.82, 2.24) is 0 Å². The second kappa shape index (κ2) is 7.75. The van der Waals surface area contributed by atoms with Crippen LogP contribution in [-0.4, -0.2) is 13.2 Å². The van der Waals surface area contributed by atoms with Gasteiger partial charge in [0.05, 0.1) is 10.0 Å². The van der Waals surface area contributed by atoms with Crippen LogP contribution in [0.3, 0.4) is 0 Å². The highest BCUT2D eigenvalue weighted by Gasteiger charge is 2.08. The minimum absolute atomic E-state index is 0.443. The van der Waals surface area contributed by atoms with Gasteiger partial charge in [-0.15, -0.1) is 0 Å². The second-order valence-electron chi connectivity index (χ2n) is 5.60. The van der Waals surface area contributed by atoms with Crippen molar-refractivity contribution >= 4 is 28.9 Å². The Hall–Kier alpha value is -1.38. The summed E-state index contributed by atoms with van der Waals surface area (Å²) in [6, 6.07) is 11.9. The highest BCUT2D eigenvalue weighted by atomic mass is 35.5. The van der Waals surface area contributed by atoms with E-state index in [1.165, 1.54) is 11.1 Å². The fourth-order valence-corrected chi connectivity index (χ4v) is 2.50.